The maximum atomic E-state index is 12.6. The third-order valence-corrected chi connectivity index (χ3v) is 6.19. The predicted octanol–water partition coefficient (Wildman–Crippen LogP) is 2.23. The monoisotopic (exact) mass is 341 g/mol. The molecule has 1 saturated carbocycles. The molecule has 2 rings (SSSR count). The van der Waals surface area contributed by atoms with Crippen molar-refractivity contribution in [2.75, 3.05) is 7.11 Å². The molecule has 6 nitrogen and oxygen atoms in total. The first-order valence-electron chi connectivity index (χ1n) is 7.63. The summed E-state index contributed by atoms with van der Waals surface area (Å²) in [5.74, 6) is -0.136. The Bertz CT molecular complexity index is 699. The molecule has 1 fully saturated rings. The number of sulfonamides is 1. The van der Waals surface area contributed by atoms with Crippen LogP contribution in [0.2, 0.25) is 0 Å². The Morgan fingerprint density at radius 3 is 2.61 bits per heavy atom. The summed E-state index contributed by atoms with van der Waals surface area (Å²) < 4.78 is 33.2. The number of rotatable bonds is 6. The molecule has 0 saturated heterocycles. The van der Waals surface area contributed by atoms with E-state index in [1.54, 1.807) is 26.2 Å². The van der Waals surface area contributed by atoms with Gasteiger partial charge in [0.15, 0.2) is 0 Å². The average Bonchev–Trinajstić information content (AvgIpc) is 2.86. The number of nitrogens with one attached hydrogen (secondary N) is 1. The van der Waals surface area contributed by atoms with Gasteiger partial charge < -0.3 is 9.84 Å². The lowest BCUT2D eigenvalue weighted by Crippen LogP contribution is -2.33. The van der Waals surface area contributed by atoms with Crippen LogP contribution >= 0.6 is 0 Å². The highest BCUT2D eigenvalue weighted by molar-refractivity contribution is 7.89. The van der Waals surface area contributed by atoms with Gasteiger partial charge in [0.1, 0.15) is 5.75 Å². The molecular formula is C16H23NO5S. The Morgan fingerprint density at radius 1 is 1.30 bits per heavy atom. The number of ether oxygens (including phenoxy) is 1. The topological polar surface area (TPSA) is 92.7 Å². The van der Waals surface area contributed by atoms with Crippen LogP contribution in [0.1, 0.15) is 36.8 Å². The highest BCUT2D eigenvalue weighted by Gasteiger charge is 2.30. The lowest BCUT2D eigenvalue weighted by Gasteiger charge is -2.17. The van der Waals surface area contributed by atoms with Crippen molar-refractivity contribution in [1.29, 1.82) is 0 Å². The summed E-state index contributed by atoms with van der Waals surface area (Å²) in [4.78, 5) is 11.0. The Kier molecular flexibility index (Phi) is 5.31. The average molecular weight is 341 g/mol. The van der Waals surface area contributed by atoms with E-state index in [-0.39, 0.29) is 23.3 Å². The fourth-order valence-electron chi connectivity index (χ4n) is 3.18. The van der Waals surface area contributed by atoms with Crippen molar-refractivity contribution in [3.63, 3.8) is 0 Å². The molecule has 1 aromatic carbocycles. The molecule has 0 radical (unpaired) electrons. The van der Waals surface area contributed by atoms with Crippen LogP contribution in [0.5, 0.6) is 5.75 Å². The van der Waals surface area contributed by atoms with Gasteiger partial charge in [-0.15, -0.1) is 0 Å². The summed E-state index contributed by atoms with van der Waals surface area (Å²) in [6, 6.07) is 3.00. The summed E-state index contributed by atoms with van der Waals surface area (Å²) >= 11 is 0. The van der Waals surface area contributed by atoms with Crippen LogP contribution in [0.3, 0.4) is 0 Å². The minimum absolute atomic E-state index is 0.0406. The highest BCUT2D eigenvalue weighted by Crippen LogP contribution is 2.31. The maximum Gasteiger partial charge on any atom is 0.303 e. The van der Waals surface area contributed by atoms with E-state index in [1.807, 2.05) is 6.92 Å². The zero-order valence-corrected chi connectivity index (χ0v) is 14.4. The molecule has 1 aromatic rings. The first kappa shape index (κ1) is 17.7. The molecular weight excluding hydrogens is 318 g/mol. The first-order chi connectivity index (χ1) is 10.7. The van der Waals surface area contributed by atoms with Gasteiger partial charge in [0, 0.05) is 12.5 Å². The normalized spacial score (nSPS) is 21.3. The van der Waals surface area contributed by atoms with E-state index in [2.05, 4.69) is 4.72 Å². The van der Waals surface area contributed by atoms with E-state index < -0.39 is 16.0 Å². The van der Waals surface area contributed by atoms with Crippen molar-refractivity contribution in [3.8, 4) is 5.75 Å². The van der Waals surface area contributed by atoms with E-state index in [4.69, 9.17) is 9.84 Å². The van der Waals surface area contributed by atoms with Gasteiger partial charge in [-0.3, -0.25) is 4.79 Å². The molecule has 0 spiro atoms. The van der Waals surface area contributed by atoms with E-state index in [0.717, 1.165) is 12.0 Å². The van der Waals surface area contributed by atoms with E-state index >= 15 is 0 Å². The smallest absolute Gasteiger partial charge is 0.303 e. The second-order valence-corrected chi connectivity index (χ2v) is 7.79. The zero-order valence-electron chi connectivity index (χ0n) is 13.6. The molecule has 23 heavy (non-hydrogen) atoms. The number of hydrogen-bond donors (Lipinski definition) is 2. The van der Waals surface area contributed by atoms with Gasteiger partial charge in [0.05, 0.1) is 12.0 Å². The van der Waals surface area contributed by atoms with Crippen molar-refractivity contribution >= 4 is 16.0 Å². The number of aliphatic carboxylic acids is 1. The fourth-order valence-corrected chi connectivity index (χ4v) is 4.76. The minimum atomic E-state index is -3.63. The fraction of sp³-hybridized carbons (Fsp3) is 0.562. The molecule has 0 heterocycles. The van der Waals surface area contributed by atoms with Crippen LogP contribution < -0.4 is 9.46 Å². The number of hydrogen-bond acceptors (Lipinski definition) is 4. The van der Waals surface area contributed by atoms with Crippen LogP contribution in [0, 0.1) is 19.8 Å². The van der Waals surface area contributed by atoms with Gasteiger partial charge in [0.2, 0.25) is 10.0 Å². The minimum Gasteiger partial charge on any atom is -0.496 e. The maximum absolute atomic E-state index is 12.6. The molecule has 0 unspecified atom stereocenters. The van der Waals surface area contributed by atoms with Gasteiger partial charge in [-0.05, 0) is 62.3 Å². The van der Waals surface area contributed by atoms with Crippen molar-refractivity contribution in [2.45, 2.75) is 50.5 Å². The van der Waals surface area contributed by atoms with Crippen LogP contribution in [0.25, 0.3) is 0 Å². The van der Waals surface area contributed by atoms with E-state index in [0.29, 0.717) is 24.2 Å². The summed E-state index contributed by atoms with van der Waals surface area (Å²) in [5.41, 5.74) is 1.46. The zero-order chi connectivity index (χ0) is 17.2. The quantitative estimate of drug-likeness (QED) is 0.828. The Labute approximate surface area is 136 Å². The van der Waals surface area contributed by atoms with Gasteiger partial charge in [-0.2, -0.15) is 0 Å². The molecule has 2 N–H and O–H groups in total. The summed E-state index contributed by atoms with van der Waals surface area (Å²) in [7, 11) is -2.08. The standard InChI is InChI=1S/C16H23NO5S/c1-10-11(2)15(7-6-14(10)22-3)23(20,21)17-13-5-4-12(8-13)9-16(18)19/h6-7,12-13,17H,4-5,8-9H2,1-3H3,(H,18,19)/t12-,13+/m0/s1. The van der Waals surface area contributed by atoms with Crippen LogP contribution in [-0.4, -0.2) is 32.6 Å². The largest absolute Gasteiger partial charge is 0.496 e. The Hall–Kier alpha value is -1.60. The third-order valence-electron chi connectivity index (χ3n) is 4.52. The summed E-state index contributed by atoms with van der Waals surface area (Å²) in [6.45, 7) is 3.58. The van der Waals surface area contributed by atoms with Crippen molar-refractivity contribution in [1.82, 2.24) is 4.72 Å². The number of carboxylic acid groups (broad SMARTS) is 1. The van der Waals surface area contributed by atoms with Crippen molar-refractivity contribution < 1.29 is 23.1 Å². The number of carboxylic acids is 1. The summed E-state index contributed by atoms with van der Waals surface area (Å²) in [5, 5.41) is 8.84. The van der Waals surface area contributed by atoms with Crippen LogP contribution in [0.4, 0.5) is 0 Å². The predicted molar refractivity (Wildman–Crippen MR) is 86.2 cm³/mol. The third kappa shape index (κ3) is 4.03. The van der Waals surface area contributed by atoms with Gasteiger partial charge in [-0.25, -0.2) is 13.1 Å². The number of methoxy groups -OCH3 is 1. The Morgan fingerprint density at radius 2 is 2.00 bits per heavy atom. The van der Waals surface area contributed by atoms with Gasteiger partial charge in [0.25, 0.3) is 0 Å². The second-order valence-electron chi connectivity index (χ2n) is 6.11. The lowest BCUT2D eigenvalue weighted by molar-refractivity contribution is -0.138. The molecule has 0 bridgehead atoms. The van der Waals surface area contributed by atoms with Crippen LogP contribution in [0.15, 0.2) is 17.0 Å². The molecule has 7 heteroatoms. The van der Waals surface area contributed by atoms with Gasteiger partial charge in [-0.1, -0.05) is 0 Å². The Balaban J connectivity index is 2.14. The molecule has 1 aliphatic rings. The summed E-state index contributed by atoms with van der Waals surface area (Å²) in [6.07, 6.45) is 2.07. The van der Waals surface area contributed by atoms with Crippen molar-refractivity contribution in [3.05, 3.63) is 23.3 Å². The lowest BCUT2D eigenvalue weighted by atomic mass is 10.0. The van der Waals surface area contributed by atoms with E-state index in [9.17, 15) is 13.2 Å². The highest BCUT2D eigenvalue weighted by atomic mass is 32.2. The molecule has 0 aliphatic heterocycles. The van der Waals surface area contributed by atoms with E-state index in [1.165, 1.54) is 0 Å². The number of carbonyl (C=O) groups is 1. The first-order valence-corrected chi connectivity index (χ1v) is 9.11. The van der Waals surface area contributed by atoms with Gasteiger partial charge >= 0.3 is 5.97 Å². The number of benzene rings is 1. The molecule has 1 aliphatic carbocycles. The molecule has 2 atom stereocenters. The molecule has 0 amide bonds. The second kappa shape index (κ2) is 6.88. The van der Waals surface area contributed by atoms with Crippen molar-refractivity contribution in [2.24, 2.45) is 5.92 Å². The van der Waals surface area contributed by atoms with Crippen LogP contribution in [-0.2, 0) is 14.8 Å². The molecule has 0 aromatic heterocycles. The molecule has 128 valence electrons. The SMILES string of the molecule is COc1ccc(S(=O)(=O)N[C@@H]2CC[C@H](CC(=O)O)C2)c(C)c1C.